The zero-order valence-corrected chi connectivity index (χ0v) is 11.7. The van der Waals surface area contributed by atoms with E-state index in [1.807, 2.05) is 18.4 Å². The molecule has 0 spiro atoms. The lowest BCUT2D eigenvalue weighted by molar-refractivity contribution is 0.0951. The first-order chi connectivity index (χ1) is 8.58. The van der Waals surface area contributed by atoms with Crippen molar-refractivity contribution in [1.82, 2.24) is 15.5 Å². The van der Waals surface area contributed by atoms with Gasteiger partial charge in [-0.2, -0.15) is 0 Å². The van der Waals surface area contributed by atoms with Gasteiger partial charge in [-0.25, -0.2) is 0 Å². The molecule has 0 saturated carbocycles. The smallest absolute Gasteiger partial charge is 0.254 e. The predicted octanol–water partition coefficient (Wildman–Crippen LogP) is 3.08. The molecule has 2 rings (SSSR count). The molecule has 18 heavy (non-hydrogen) atoms. The number of thiophene rings is 1. The van der Waals surface area contributed by atoms with Crippen molar-refractivity contribution >= 4 is 40.4 Å². The van der Waals surface area contributed by atoms with E-state index in [0.29, 0.717) is 6.54 Å². The van der Waals surface area contributed by atoms with E-state index >= 15 is 0 Å². The first-order valence-corrected chi connectivity index (χ1v) is 6.71. The lowest BCUT2D eigenvalue weighted by Gasteiger charge is -2.05. The van der Waals surface area contributed by atoms with E-state index in [-0.39, 0.29) is 21.8 Å². The summed E-state index contributed by atoms with van der Waals surface area (Å²) in [5, 5.41) is 12.1. The van der Waals surface area contributed by atoms with Crippen molar-refractivity contribution in [2.45, 2.75) is 13.5 Å². The maximum atomic E-state index is 11.9. The van der Waals surface area contributed by atoms with Crippen molar-refractivity contribution in [3.8, 4) is 0 Å². The van der Waals surface area contributed by atoms with Gasteiger partial charge in [0, 0.05) is 4.88 Å². The van der Waals surface area contributed by atoms with Crippen LogP contribution in [0.3, 0.4) is 0 Å². The number of halogens is 2. The predicted molar refractivity (Wildman–Crippen MR) is 72.3 cm³/mol. The summed E-state index contributed by atoms with van der Waals surface area (Å²) in [6.45, 7) is 2.45. The molecule has 0 unspecified atom stereocenters. The summed E-state index contributed by atoms with van der Waals surface area (Å²) < 4.78 is 0. The van der Waals surface area contributed by atoms with Crippen LogP contribution in [0.1, 0.15) is 20.8 Å². The Bertz CT molecular complexity index is 585. The quantitative estimate of drug-likeness (QED) is 0.948. The Balaban J connectivity index is 2.08. The number of hydrogen-bond donors (Lipinski definition) is 1. The average Bonchev–Trinajstić information content (AvgIpc) is 2.75. The summed E-state index contributed by atoms with van der Waals surface area (Å²) in [6.07, 6.45) is 0. The SMILES string of the molecule is Cc1ccsc1CNC(=O)c1cc(Cl)nnc1Cl. The molecule has 1 N–H and O–H groups in total. The second-order valence-electron chi connectivity index (χ2n) is 3.58. The number of carbonyl (C=O) groups is 1. The van der Waals surface area contributed by atoms with Crippen molar-refractivity contribution in [2.75, 3.05) is 0 Å². The van der Waals surface area contributed by atoms with Gasteiger partial charge in [-0.15, -0.1) is 21.5 Å². The highest BCUT2D eigenvalue weighted by Gasteiger charge is 2.13. The van der Waals surface area contributed by atoms with E-state index in [4.69, 9.17) is 23.2 Å². The standard InChI is InChI=1S/C11H9Cl2N3OS/c1-6-2-3-18-8(6)5-14-11(17)7-4-9(12)15-16-10(7)13/h2-4H,5H2,1H3,(H,14,17). The molecule has 2 aromatic heterocycles. The van der Waals surface area contributed by atoms with Gasteiger partial charge in [0.1, 0.15) is 0 Å². The first-order valence-electron chi connectivity index (χ1n) is 5.08. The van der Waals surface area contributed by atoms with Crippen LogP contribution in [0.25, 0.3) is 0 Å². The highest BCUT2D eigenvalue weighted by molar-refractivity contribution is 7.10. The van der Waals surface area contributed by atoms with Gasteiger partial charge < -0.3 is 5.32 Å². The zero-order valence-electron chi connectivity index (χ0n) is 9.41. The number of nitrogens with zero attached hydrogens (tertiary/aromatic N) is 2. The molecule has 94 valence electrons. The van der Waals surface area contributed by atoms with Crippen molar-refractivity contribution in [2.24, 2.45) is 0 Å². The molecule has 0 radical (unpaired) electrons. The van der Waals surface area contributed by atoms with E-state index in [2.05, 4.69) is 15.5 Å². The Morgan fingerprint density at radius 2 is 2.22 bits per heavy atom. The number of nitrogens with one attached hydrogen (secondary N) is 1. The average molecular weight is 302 g/mol. The van der Waals surface area contributed by atoms with E-state index in [9.17, 15) is 4.79 Å². The van der Waals surface area contributed by atoms with E-state index in [1.165, 1.54) is 6.07 Å². The van der Waals surface area contributed by atoms with Gasteiger partial charge >= 0.3 is 0 Å². The van der Waals surface area contributed by atoms with Gasteiger partial charge in [0.25, 0.3) is 5.91 Å². The maximum absolute atomic E-state index is 11.9. The normalized spacial score (nSPS) is 10.4. The van der Waals surface area contributed by atoms with Crippen LogP contribution in [0.5, 0.6) is 0 Å². The molecular weight excluding hydrogens is 293 g/mol. The molecule has 0 fully saturated rings. The Kier molecular flexibility index (Phi) is 4.16. The molecule has 1 amide bonds. The summed E-state index contributed by atoms with van der Waals surface area (Å²) in [6, 6.07) is 3.40. The molecule has 2 heterocycles. The van der Waals surface area contributed by atoms with Crippen molar-refractivity contribution in [1.29, 1.82) is 0 Å². The van der Waals surface area contributed by atoms with Gasteiger partial charge in [0.15, 0.2) is 10.3 Å². The number of amides is 1. The van der Waals surface area contributed by atoms with Crippen molar-refractivity contribution < 1.29 is 4.79 Å². The second kappa shape index (κ2) is 5.65. The molecule has 0 aliphatic heterocycles. The minimum absolute atomic E-state index is 0.0415. The van der Waals surface area contributed by atoms with Crippen LogP contribution in [0.15, 0.2) is 17.5 Å². The fourth-order valence-corrected chi connectivity index (χ4v) is 2.52. The van der Waals surface area contributed by atoms with Crippen LogP contribution in [-0.4, -0.2) is 16.1 Å². The summed E-state index contributed by atoms with van der Waals surface area (Å²) in [5.41, 5.74) is 1.38. The molecule has 2 aromatic rings. The Hall–Kier alpha value is -1.17. The van der Waals surface area contributed by atoms with Gasteiger partial charge in [0.2, 0.25) is 0 Å². The van der Waals surface area contributed by atoms with Gasteiger partial charge in [-0.3, -0.25) is 4.79 Å². The molecule has 4 nitrogen and oxygen atoms in total. The molecule has 0 saturated heterocycles. The monoisotopic (exact) mass is 301 g/mol. The van der Waals surface area contributed by atoms with Crippen molar-refractivity contribution in [3.63, 3.8) is 0 Å². The number of aryl methyl sites for hydroxylation is 1. The van der Waals surface area contributed by atoms with Crippen LogP contribution < -0.4 is 5.32 Å². The topological polar surface area (TPSA) is 54.9 Å². The van der Waals surface area contributed by atoms with Crippen LogP contribution in [0.2, 0.25) is 10.3 Å². The summed E-state index contributed by atoms with van der Waals surface area (Å²) >= 11 is 13.1. The lowest BCUT2D eigenvalue weighted by atomic mass is 10.2. The van der Waals surface area contributed by atoms with Crippen molar-refractivity contribution in [3.05, 3.63) is 43.8 Å². The van der Waals surface area contributed by atoms with Crippen LogP contribution in [-0.2, 0) is 6.54 Å². The maximum Gasteiger partial charge on any atom is 0.254 e. The first kappa shape index (κ1) is 13.3. The zero-order chi connectivity index (χ0) is 13.1. The molecule has 7 heteroatoms. The van der Waals surface area contributed by atoms with Crippen LogP contribution >= 0.6 is 34.5 Å². The molecule has 0 aliphatic carbocycles. The van der Waals surface area contributed by atoms with E-state index in [0.717, 1.165) is 10.4 Å². The fourth-order valence-electron chi connectivity index (χ4n) is 1.35. The Morgan fingerprint density at radius 1 is 1.44 bits per heavy atom. The van der Waals surface area contributed by atoms with E-state index in [1.54, 1.807) is 11.3 Å². The van der Waals surface area contributed by atoms with Gasteiger partial charge in [0.05, 0.1) is 12.1 Å². The summed E-state index contributed by atoms with van der Waals surface area (Å²) in [5.74, 6) is -0.315. The highest BCUT2D eigenvalue weighted by Crippen LogP contribution is 2.17. The number of hydrogen-bond acceptors (Lipinski definition) is 4. The molecule has 0 atom stereocenters. The molecule has 0 aromatic carbocycles. The third-order valence-corrected chi connectivity index (χ3v) is 3.83. The van der Waals surface area contributed by atoms with Gasteiger partial charge in [-0.1, -0.05) is 23.2 Å². The minimum Gasteiger partial charge on any atom is -0.347 e. The van der Waals surface area contributed by atoms with Crippen LogP contribution in [0.4, 0.5) is 0 Å². The number of rotatable bonds is 3. The Morgan fingerprint density at radius 3 is 2.89 bits per heavy atom. The number of aromatic nitrogens is 2. The molecule has 0 bridgehead atoms. The molecular formula is C11H9Cl2N3OS. The Labute approximate surface area is 118 Å². The van der Waals surface area contributed by atoms with Gasteiger partial charge in [-0.05, 0) is 30.0 Å². The third-order valence-electron chi connectivity index (χ3n) is 2.34. The van der Waals surface area contributed by atoms with Crippen LogP contribution in [0, 0.1) is 6.92 Å². The second-order valence-corrected chi connectivity index (χ2v) is 5.33. The fraction of sp³-hybridized carbons (Fsp3) is 0.182. The summed E-state index contributed by atoms with van der Waals surface area (Å²) in [7, 11) is 0. The largest absolute Gasteiger partial charge is 0.347 e. The van der Waals surface area contributed by atoms with E-state index < -0.39 is 0 Å². The summed E-state index contributed by atoms with van der Waals surface area (Å²) in [4.78, 5) is 13.0. The highest BCUT2D eigenvalue weighted by atomic mass is 35.5. The third kappa shape index (κ3) is 2.98. The minimum atomic E-state index is -0.315. The molecule has 0 aliphatic rings. The number of carbonyl (C=O) groups excluding carboxylic acids is 1. The lowest BCUT2D eigenvalue weighted by Crippen LogP contribution is -2.23.